The molecule has 0 aliphatic carbocycles. The number of halogens is 3. The van der Waals surface area contributed by atoms with Crippen molar-refractivity contribution in [1.82, 2.24) is 5.32 Å². The van der Waals surface area contributed by atoms with Crippen LogP contribution in [0, 0.1) is 0 Å². The predicted molar refractivity (Wildman–Crippen MR) is 138 cm³/mol. The minimum atomic E-state index is -0.0946. The van der Waals surface area contributed by atoms with Crippen LogP contribution in [0.3, 0.4) is 0 Å². The third kappa shape index (κ3) is 10.4. The molecule has 0 saturated heterocycles. The Balaban J connectivity index is 2.80. The first-order valence-corrected chi connectivity index (χ1v) is 12.3. The van der Waals surface area contributed by atoms with Crippen LogP contribution in [0.2, 0.25) is 10.0 Å². The molecule has 1 aromatic carbocycles. The quantitative estimate of drug-likeness (QED) is 0.210. The summed E-state index contributed by atoms with van der Waals surface area (Å²) in [4.78, 5) is 4.75. The van der Waals surface area contributed by atoms with E-state index in [1.165, 1.54) is 0 Å². The summed E-state index contributed by atoms with van der Waals surface area (Å²) >= 11 is 18.8. The van der Waals surface area contributed by atoms with Crippen LogP contribution in [0.5, 0.6) is 0 Å². The molecule has 0 radical (unpaired) electrons. The monoisotopic (exact) mass is 486 g/mol. The summed E-state index contributed by atoms with van der Waals surface area (Å²) in [6.45, 7) is 14.3. The number of allylic oxidation sites excluding steroid dienone is 2. The Morgan fingerprint density at radius 1 is 1.23 bits per heavy atom. The van der Waals surface area contributed by atoms with Crippen LogP contribution in [-0.4, -0.2) is 17.9 Å². The van der Waals surface area contributed by atoms with Crippen molar-refractivity contribution in [2.24, 2.45) is 4.99 Å². The Morgan fingerprint density at radius 2 is 1.94 bits per heavy atom. The Bertz CT molecular complexity index is 761. The largest absolute Gasteiger partial charge is 0.375 e. The van der Waals surface area contributed by atoms with Crippen molar-refractivity contribution in [1.29, 1.82) is 0 Å². The van der Waals surface area contributed by atoms with Crippen LogP contribution < -0.4 is 5.32 Å². The van der Waals surface area contributed by atoms with E-state index in [0.717, 1.165) is 49.8 Å². The molecule has 0 aliphatic rings. The van der Waals surface area contributed by atoms with Gasteiger partial charge in [0, 0.05) is 15.8 Å². The van der Waals surface area contributed by atoms with Crippen molar-refractivity contribution < 1.29 is 4.74 Å². The maximum Gasteiger partial charge on any atom is 0.145 e. The fourth-order valence-corrected chi connectivity index (χ4v) is 3.92. The van der Waals surface area contributed by atoms with E-state index in [1.54, 1.807) is 12.1 Å². The summed E-state index contributed by atoms with van der Waals surface area (Å²) < 4.78 is 6.16. The number of ether oxygens (including phenoxy) is 1. The topological polar surface area (TPSA) is 33.6 Å². The van der Waals surface area contributed by atoms with Gasteiger partial charge in [-0.25, -0.2) is 4.99 Å². The summed E-state index contributed by atoms with van der Waals surface area (Å²) in [6.07, 6.45) is 8.40. The molecule has 0 aliphatic heterocycles. The first-order valence-electron chi connectivity index (χ1n) is 11.1. The third-order valence-electron chi connectivity index (χ3n) is 5.17. The second kappa shape index (κ2) is 14.9. The second-order valence-corrected chi connectivity index (χ2v) is 9.19. The molecule has 3 atom stereocenters. The summed E-state index contributed by atoms with van der Waals surface area (Å²) in [5.74, 6) is 0.591. The number of rotatable bonds is 14. The van der Waals surface area contributed by atoms with Gasteiger partial charge in [-0.2, -0.15) is 0 Å². The molecule has 0 saturated carbocycles. The van der Waals surface area contributed by atoms with Crippen LogP contribution in [0.25, 0.3) is 0 Å². The molecule has 3 nitrogen and oxygen atoms in total. The minimum absolute atomic E-state index is 0.0946. The van der Waals surface area contributed by atoms with Gasteiger partial charge in [0.2, 0.25) is 0 Å². The van der Waals surface area contributed by atoms with Gasteiger partial charge in [0.25, 0.3) is 0 Å². The van der Waals surface area contributed by atoms with Crippen molar-refractivity contribution >= 4 is 40.5 Å². The van der Waals surface area contributed by atoms with E-state index in [2.05, 4.69) is 32.7 Å². The van der Waals surface area contributed by atoms with Crippen LogP contribution >= 0.6 is 34.8 Å². The SMILES string of the molecule is C=C/C(Cl)=C(\N=C(/C)CCCC(CCC)OC(C)CC)NC(C)c1ccc(Cl)cc1Cl. The van der Waals surface area contributed by atoms with Gasteiger partial charge in [0.1, 0.15) is 5.82 Å². The van der Waals surface area contributed by atoms with Crippen molar-refractivity contribution in [3.63, 3.8) is 0 Å². The van der Waals surface area contributed by atoms with Crippen molar-refractivity contribution in [2.45, 2.75) is 91.4 Å². The smallest absolute Gasteiger partial charge is 0.145 e. The Labute approximate surface area is 203 Å². The van der Waals surface area contributed by atoms with E-state index in [4.69, 9.17) is 44.5 Å². The molecule has 6 heteroatoms. The van der Waals surface area contributed by atoms with E-state index in [9.17, 15) is 0 Å². The maximum absolute atomic E-state index is 6.39. The molecule has 0 amide bonds. The molecular formula is C25H37Cl3N2O. The number of hydrogen-bond acceptors (Lipinski definition) is 3. The zero-order valence-corrected chi connectivity index (χ0v) is 21.7. The lowest BCUT2D eigenvalue weighted by atomic mass is 10.1. The lowest BCUT2D eigenvalue weighted by molar-refractivity contribution is -0.0133. The first kappa shape index (κ1) is 28.0. The molecule has 3 unspecified atom stereocenters. The zero-order chi connectivity index (χ0) is 23.4. The van der Waals surface area contributed by atoms with Gasteiger partial charge < -0.3 is 10.1 Å². The van der Waals surface area contributed by atoms with E-state index in [-0.39, 0.29) is 6.04 Å². The van der Waals surface area contributed by atoms with Crippen molar-refractivity contribution in [2.75, 3.05) is 0 Å². The van der Waals surface area contributed by atoms with Crippen LogP contribution in [0.4, 0.5) is 0 Å². The summed E-state index contributed by atoms with van der Waals surface area (Å²) in [6, 6.07) is 5.37. The summed E-state index contributed by atoms with van der Waals surface area (Å²) in [5.41, 5.74) is 1.94. The van der Waals surface area contributed by atoms with E-state index < -0.39 is 0 Å². The van der Waals surface area contributed by atoms with Crippen LogP contribution in [0.15, 0.2) is 46.7 Å². The fraction of sp³-hybridized carbons (Fsp3) is 0.560. The highest BCUT2D eigenvalue weighted by Gasteiger charge is 2.14. The third-order valence-corrected chi connectivity index (χ3v) is 6.06. The highest BCUT2D eigenvalue weighted by molar-refractivity contribution is 6.35. The highest BCUT2D eigenvalue weighted by Crippen LogP contribution is 2.27. The molecule has 1 N–H and O–H groups in total. The fourth-order valence-electron chi connectivity index (χ4n) is 3.25. The number of nitrogens with zero attached hydrogens (tertiary/aromatic N) is 1. The molecule has 0 heterocycles. The van der Waals surface area contributed by atoms with E-state index >= 15 is 0 Å². The lowest BCUT2D eigenvalue weighted by Gasteiger charge is -2.21. The van der Waals surface area contributed by atoms with E-state index in [0.29, 0.717) is 33.1 Å². The standard InChI is InChI=1S/C25H37Cl3N2O/c1-7-11-21(31-18(5)8-2)13-10-12-17(4)29-25(23(27)9-3)30-19(6)22-15-14-20(26)16-24(22)28/h9,14-16,18-19,21,30H,3,7-8,10-13H2,1-2,4-6H3/b25-23-,29-17+. The van der Waals surface area contributed by atoms with Gasteiger partial charge in [-0.3, -0.25) is 0 Å². The number of aliphatic imine (C=N–C) groups is 1. The molecular weight excluding hydrogens is 451 g/mol. The average Bonchev–Trinajstić information content (AvgIpc) is 2.72. The molecule has 0 spiro atoms. The van der Waals surface area contributed by atoms with E-state index in [1.807, 2.05) is 26.0 Å². The second-order valence-electron chi connectivity index (χ2n) is 7.94. The molecule has 0 bridgehead atoms. The number of hydrogen-bond donors (Lipinski definition) is 1. The van der Waals surface area contributed by atoms with Gasteiger partial charge in [-0.1, -0.05) is 67.7 Å². The Morgan fingerprint density at radius 3 is 2.52 bits per heavy atom. The Hall–Kier alpha value is -1.000. The van der Waals surface area contributed by atoms with Gasteiger partial charge in [0.15, 0.2) is 0 Å². The molecule has 1 aromatic rings. The van der Waals surface area contributed by atoms with Crippen molar-refractivity contribution in [3.05, 3.63) is 57.3 Å². The molecule has 1 rings (SSSR count). The van der Waals surface area contributed by atoms with Crippen molar-refractivity contribution in [3.8, 4) is 0 Å². The maximum atomic E-state index is 6.39. The molecule has 174 valence electrons. The Kier molecular flexibility index (Phi) is 13.5. The molecule has 0 aromatic heterocycles. The number of benzene rings is 1. The van der Waals surface area contributed by atoms with Gasteiger partial charge in [-0.05, 0) is 76.6 Å². The molecule has 0 fully saturated rings. The predicted octanol–water partition coefficient (Wildman–Crippen LogP) is 8.85. The van der Waals surface area contributed by atoms with Crippen LogP contribution in [0.1, 0.15) is 84.7 Å². The average molecular weight is 488 g/mol. The normalized spacial score (nSPS) is 15.8. The first-order chi connectivity index (χ1) is 14.7. The molecule has 31 heavy (non-hydrogen) atoms. The van der Waals surface area contributed by atoms with Crippen LogP contribution in [-0.2, 0) is 4.74 Å². The summed E-state index contributed by atoms with van der Waals surface area (Å²) in [5, 5.41) is 5.04. The zero-order valence-electron chi connectivity index (χ0n) is 19.5. The van der Waals surface area contributed by atoms with Gasteiger partial charge in [0.05, 0.1) is 23.3 Å². The number of nitrogens with one attached hydrogen (secondary N) is 1. The highest BCUT2D eigenvalue weighted by atomic mass is 35.5. The lowest BCUT2D eigenvalue weighted by Crippen LogP contribution is -2.20. The van der Waals surface area contributed by atoms with Gasteiger partial charge >= 0.3 is 0 Å². The minimum Gasteiger partial charge on any atom is -0.375 e. The summed E-state index contributed by atoms with van der Waals surface area (Å²) in [7, 11) is 0. The van der Waals surface area contributed by atoms with Gasteiger partial charge in [-0.15, -0.1) is 0 Å².